The third-order valence-corrected chi connectivity index (χ3v) is 5.47. The lowest BCUT2D eigenvalue weighted by Gasteiger charge is -2.07. The summed E-state index contributed by atoms with van der Waals surface area (Å²) in [5.41, 5.74) is 2.44. The van der Waals surface area contributed by atoms with Crippen molar-refractivity contribution in [1.82, 2.24) is 4.98 Å². The molecule has 0 saturated carbocycles. The van der Waals surface area contributed by atoms with Crippen LogP contribution in [0.15, 0.2) is 30.3 Å². The lowest BCUT2D eigenvalue weighted by Crippen LogP contribution is -1.92. The van der Waals surface area contributed by atoms with Gasteiger partial charge in [-0.3, -0.25) is 0 Å². The van der Waals surface area contributed by atoms with Gasteiger partial charge < -0.3 is 0 Å². The number of aromatic nitrogens is 1. The van der Waals surface area contributed by atoms with Crippen LogP contribution in [0.4, 0.5) is 0 Å². The van der Waals surface area contributed by atoms with Crippen molar-refractivity contribution in [2.24, 2.45) is 0 Å². The Kier molecular flexibility index (Phi) is 2.59. The Balaban J connectivity index is 2.42. The lowest BCUT2D eigenvalue weighted by molar-refractivity contribution is 1.33. The number of rotatable bonds is 0. The van der Waals surface area contributed by atoms with Gasteiger partial charge in [-0.2, -0.15) is 0 Å². The Bertz CT molecular complexity index is 600. The number of benzene rings is 1. The van der Waals surface area contributed by atoms with Crippen LogP contribution in [-0.2, 0) is 0 Å². The highest BCUT2D eigenvalue weighted by Crippen LogP contribution is 2.26. The molecule has 1 aliphatic rings. The molecule has 15 heavy (non-hydrogen) atoms. The van der Waals surface area contributed by atoms with Gasteiger partial charge in [0.25, 0.3) is 0 Å². The molecule has 1 aromatic carbocycles. The van der Waals surface area contributed by atoms with Gasteiger partial charge in [0, 0.05) is 14.5 Å². The number of hydrogen-bond acceptors (Lipinski definition) is 1. The molecule has 0 aliphatic carbocycles. The Morgan fingerprint density at radius 2 is 2.20 bits per heavy atom. The van der Waals surface area contributed by atoms with Crippen LogP contribution in [-0.4, -0.2) is 9.00 Å². The highest BCUT2D eigenvalue weighted by Gasteiger charge is 2.06. The molecular weight excluding hydrogens is 412 g/mol. The average Bonchev–Trinajstić information content (AvgIpc) is 2.27. The van der Waals surface area contributed by atoms with Gasteiger partial charge in [-0.05, 0) is 44.8 Å². The first-order valence-corrected chi connectivity index (χ1v) is 7.97. The van der Waals surface area contributed by atoms with Crippen molar-refractivity contribution in [1.29, 1.82) is 0 Å². The molecule has 74 valence electrons. The average molecular weight is 419 g/mol. The van der Waals surface area contributed by atoms with E-state index in [2.05, 4.69) is 63.0 Å². The van der Waals surface area contributed by atoms with E-state index >= 15 is 0 Å². The molecule has 0 amide bonds. The van der Waals surface area contributed by atoms with Crippen LogP contribution in [0.1, 0.15) is 5.56 Å². The molecule has 1 aliphatic heterocycles. The zero-order valence-electron chi connectivity index (χ0n) is 7.74. The minimum Gasteiger partial charge on any atom is -0.242 e. The normalized spacial score (nSPS) is 13.7. The zero-order chi connectivity index (χ0) is 10.3. The van der Waals surface area contributed by atoms with Gasteiger partial charge in [-0.15, -0.1) is 0 Å². The van der Waals surface area contributed by atoms with Crippen LogP contribution in [0.3, 0.4) is 0 Å². The molecule has 0 unspecified atom stereocenters. The topological polar surface area (TPSA) is 12.9 Å². The quantitative estimate of drug-likeness (QED) is 0.468. The fraction of sp³-hybridized carbons (Fsp3) is 0. The van der Waals surface area contributed by atoms with Crippen LogP contribution >= 0.6 is 43.3 Å². The van der Waals surface area contributed by atoms with Gasteiger partial charge in [-0.1, -0.05) is 38.9 Å². The summed E-state index contributed by atoms with van der Waals surface area (Å²) in [6.07, 6.45) is 4.31. The van der Waals surface area contributed by atoms with E-state index in [1.165, 1.54) is 18.2 Å². The SMILES string of the molecule is Ic1cccc2nc3c(cc12)C=CC=I3. The first kappa shape index (κ1) is 9.89. The van der Waals surface area contributed by atoms with Gasteiger partial charge in [0.1, 0.15) is 3.70 Å². The summed E-state index contributed by atoms with van der Waals surface area (Å²) in [6, 6.07) is 8.57. The van der Waals surface area contributed by atoms with E-state index in [0.717, 1.165) is 5.52 Å². The third kappa shape index (κ3) is 1.75. The molecule has 1 aromatic heterocycles. The van der Waals surface area contributed by atoms with Crippen molar-refractivity contribution in [2.75, 3.05) is 0 Å². The summed E-state index contributed by atoms with van der Waals surface area (Å²) in [7, 11) is 0. The van der Waals surface area contributed by atoms with Gasteiger partial charge in [0.05, 0.1) is 5.52 Å². The van der Waals surface area contributed by atoms with Gasteiger partial charge in [0.15, 0.2) is 0 Å². The zero-order valence-corrected chi connectivity index (χ0v) is 12.1. The summed E-state index contributed by atoms with van der Waals surface area (Å²) >= 11 is 2.35. The van der Waals surface area contributed by atoms with E-state index in [1.807, 2.05) is 0 Å². The molecule has 0 fully saturated rings. The predicted molar refractivity (Wildman–Crippen MR) is 82.3 cm³/mol. The van der Waals surface area contributed by atoms with Gasteiger partial charge in [0.2, 0.25) is 0 Å². The molecule has 0 bridgehead atoms. The Morgan fingerprint density at radius 1 is 1.27 bits per heavy atom. The molecule has 0 saturated heterocycles. The van der Waals surface area contributed by atoms with Crippen molar-refractivity contribution in [3.63, 3.8) is 0 Å². The molecule has 3 heteroatoms. The third-order valence-electron chi connectivity index (χ3n) is 2.30. The predicted octanol–water partition coefficient (Wildman–Crippen LogP) is 3.81. The highest BCUT2D eigenvalue weighted by atomic mass is 127. The molecular formula is C12H7I2N. The van der Waals surface area contributed by atoms with E-state index in [-0.39, 0.29) is 20.7 Å². The number of fused-ring (bicyclic) bond motifs is 2. The molecule has 0 spiro atoms. The van der Waals surface area contributed by atoms with Crippen molar-refractivity contribution >= 4 is 64.3 Å². The molecule has 0 N–H and O–H groups in total. The Hall–Kier alpha value is -0.300. The van der Waals surface area contributed by atoms with Crippen LogP contribution in [0, 0.1) is 7.27 Å². The molecule has 0 atom stereocenters. The number of halogens is 2. The number of pyridine rings is 1. The first-order valence-electron chi connectivity index (χ1n) is 4.57. The van der Waals surface area contributed by atoms with Gasteiger partial charge >= 0.3 is 0 Å². The summed E-state index contributed by atoms with van der Waals surface area (Å²) in [5.74, 6) is 0. The first-order chi connectivity index (χ1) is 7.34. The molecule has 2 aromatic rings. The van der Waals surface area contributed by atoms with Crippen LogP contribution in [0.5, 0.6) is 0 Å². The van der Waals surface area contributed by atoms with Crippen LogP contribution in [0.2, 0.25) is 0 Å². The Morgan fingerprint density at radius 3 is 3.13 bits per heavy atom. The molecule has 0 radical (unpaired) electrons. The minimum atomic E-state index is -0.0151. The number of hydrogen-bond donors (Lipinski definition) is 0. The van der Waals surface area contributed by atoms with Crippen molar-refractivity contribution in [2.45, 2.75) is 0 Å². The fourth-order valence-corrected chi connectivity index (χ4v) is 4.08. The second-order valence-electron chi connectivity index (χ2n) is 3.27. The molecule has 2 heterocycles. The summed E-state index contributed by atoms with van der Waals surface area (Å²) < 4.78 is 4.83. The fourth-order valence-electron chi connectivity index (χ4n) is 1.59. The van der Waals surface area contributed by atoms with Crippen molar-refractivity contribution in [3.05, 3.63) is 43.2 Å². The van der Waals surface area contributed by atoms with E-state index < -0.39 is 0 Å². The van der Waals surface area contributed by atoms with Crippen LogP contribution < -0.4 is 0 Å². The van der Waals surface area contributed by atoms with E-state index in [0.29, 0.717) is 0 Å². The monoisotopic (exact) mass is 419 g/mol. The second kappa shape index (κ2) is 3.93. The standard InChI is InChI=1S/C12H7I2N/c13-10-4-1-5-11-9(10)7-8-3-2-6-14-12(8)15-11/h1-7H. The van der Waals surface area contributed by atoms with Crippen LogP contribution in [0.25, 0.3) is 17.0 Å². The largest absolute Gasteiger partial charge is 0.242 e. The van der Waals surface area contributed by atoms with Gasteiger partial charge in [-0.25, -0.2) is 4.98 Å². The van der Waals surface area contributed by atoms with E-state index in [1.54, 1.807) is 0 Å². The maximum Gasteiger partial charge on any atom is 0.103 e. The van der Waals surface area contributed by atoms with Crippen molar-refractivity contribution < 1.29 is 0 Å². The maximum absolute atomic E-state index is 4.74. The summed E-state index contributed by atoms with van der Waals surface area (Å²) in [6.45, 7) is 0. The molecule has 3 rings (SSSR count). The number of allylic oxidation sites excluding steroid dienone is 1. The second-order valence-corrected chi connectivity index (χ2v) is 6.80. The summed E-state index contributed by atoms with van der Waals surface area (Å²) in [4.78, 5) is 4.74. The van der Waals surface area contributed by atoms with Crippen molar-refractivity contribution in [3.8, 4) is 0 Å². The minimum absolute atomic E-state index is 0.0151. The Labute approximate surface area is 111 Å². The summed E-state index contributed by atoms with van der Waals surface area (Å²) in [5, 5.41) is 1.27. The smallest absolute Gasteiger partial charge is 0.103 e. The van der Waals surface area contributed by atoms with E-state index in [9.17, 15) is 0 Å². The maximum atomic E-state index is 4.74. The van der Waals surface area contributed by atoms with E-state index in [4.69, 9.17) is 4.98 Å². The highest BCUT2D eigenvalue weighted by molar-refractivity contribution is 14.2. The molecule has 1 nitrogen and oxygen atoms in total. The number of nitrogens with zero attached hydrogens (tertiary/aromatic N) is 1. The lowest BCUT2D eigenvalue weighted by atomic mass is 10.1.